The molecule has 2 aliphatic heterocycles. The second-order valence-corrected chi connectivity index (χ2v) is 5.16. The smallest absolute Gasteiger partial charge is 0.287 e. The Kier molecular flexibility index (Phi) is 3.92. The molecule has 0 saturated carbocycles. The summed E-state index contributed by atoms with van der Waals surface area (Å²) < 4.78 is 18.8. The number of amides is 1. The van der Waals surface area contributed by atoms with Gasteiger partial charge in [0.2, 0.25) is 5.83 Å². The molecular weight excluding hydrogens is 267 g/mol. The molecule has 0 aromatic carbocycles. The Morgan fingerprint density at radius 2 is 2.30 bits per heavy atom. The number of rotatable bonds is 3. The Hall–Kier alpha value is -1.73. The summed E-state index contributed by atoms with van der Waals surface area (Å²) >= 11 is 0. The normalized spacial score (nSPS) is 30.6. The highest BCUT2D eigenvalue weighted by Crippen LogP contribution is 2.29. The maximum atomic E-state index is 13.3. The average Bonchev–Trinajstić information content (AvgIpc) is 2.74. The molecule has 0 aliphatic carbocycles. The molecule has 1 fully saturated rings. The molecule has 7 heteroatoms. The lowest BCUT2D eigenvalue weighted by Gasteiger charge is -2.31. The van der Waals surface area contributed by atoms with Crippen molar-refractivity contribution >= 4 is 11.7 Å². The average molecular weight is 284 g/mol. The summed E-state index contributed by atoms with van der Waals surface area (Å²) in [4.78, 5) is 24.3. The fourth-order valence-corrected chi connectivity index (χ4v) is 2.18. The number of ketones is 1. The van der Waals surface area contributed by atoms with Crippen LogP contribution in [0.2, 0.25) is 0 Å². The minimum Gasteiger partial charge on any atom is -0.390 e. The van der Waals surface area contributed by atoms with Gasteiger partial charge < -0.3 is 20.1 Å². The topological polar surface area (TPSA) is 78.9 Å². The van der Waals surface area contributed by atoms with Gasteiger partial charge in [-0.2, -0.15) is 4.39 Å². The summed E-state index contributed by atoms with van der Waals surface area (Å²) in [5.74, 6) is -2.19. The van der Waals surface area contributed by atoms with Crippen LogP contribution >= 0.6 is 0 Å². The summed E-state index contributed by atoms with van der Waals surface area (Å²) in [6.45, 7) is 7.02. The van der Waals surface area contributed by atoms with Crippen LogP contribution in [0, 0.1) is 5.92 Å². The van der Waals surface area contributed by atoms with Crippen molar-refractivity contribution in [3.8, 4) is 0 Å². The summed E-state index contributed by atoms with van der Waals surface area (Å²) in [7, 11) is 0. The van der Waals surface area contributed by atoms with E-state index in [0.717, 1.165) is 6.20 Å². The first-order valence-electron chi connectivity index (χ1n) is 6.34. The van der Waals surface area contributed by atoms with E-state index in [4.69, 9.17) is 4.74 Å². The Bertz CT molecular complexity index is 489. The highest BCUT2D eigenvalue weighted by Gasteiger charge is 2.42. The van der Waals surface area contributed by atoms with Gasteiger partial charge in [0.25, 0.3) is 5.91 Å². The highest BCUT2D eigenvalue weighted by molar-refractivity contribution is 5.93. The monoisotopic (exact) mass is 284 g/mol. The van der Waals surface area contributed by atoms with Gasteiger partial charge in [-0.3, -0.25) is 9.59 Å². The lowest BCUT2D eigenvalue weighted by atomic mass is 10.00. The maximum absolute atomic E-state index is 13.3. The van der Waals surface area contributed by atoms with Gasteiger partial charge in [-0.05, 0) is 0 Å². The van der Waals surface area contributed by atoms with Crippen molar-refractivity contribution in [3.63, 3.8) is 0 Å². The third-order valence-corrected chi connectivity index (χ3v) is 3.29. The lowest BCUT2D eigenvalue weighted by Crippen LogP contribution is -2.42. The standard InChI is InChI=1S/C13H17FN2O4/c1-6(2)11(18)12-9(17)4-10(20-12)16-5-8(14)13(19)15-7(16)3/h5-6,9-10,12,17H,3-4H2,1-2H3,(H,15,19). The van der Waals surface area contributed by atoms with Crippen molar-refractivity contribution in [2.75, 3.05) is 0 Å². The van der Waals surface area contributed by atoms with Crippen LogP contribution in [0.5, 0.6) is 0 Å². The second-order valence-electron chi connectivity index (χ2n) is 5.16. The van der Waals surface area contributed by atoms with Gasteiger partial charge in [0.15, 0.2) is 5.78 Å². The first-order chi connectivity index (χ1) is 9.31. The zero-order valence-corrected chi connectivity index (χ0v) is 11.3. The predicted octanol–water partition coefficient (Wildman–Crippen LogP) is 0.401. The minimum atomic E-state index is -0.978. The quantitative estimate of drug-likeness (QED) is 0.784. The van der Waals surface area contributed by atoms with Gasteiger partial charge in [0, 0.05) is 18.5 Å². The van der Waals surface area contributed by atoms with E-state index >= 15 is 0 Å². The number of aliphatic hydroxyl groups is 1. The van der Waals surface area contributed by atoms with Crippen LogP contribution in [-0.4, -0.2) is 40.1 Å². The van der Waals surface area contributed by atoms with E-state index in [1.807, 2.05) is 0 Å². The molecular formula is C13H17FN2O4. The van der Waals surface area contributed by atoms with E-state index in [1.165, 1.54) is 4.90 Å². The number of Topliss-reactive ketones (excluding diaryl/α,β-unsaturated/α-hetero) is 1. The predicted molar refractivity (Wildman–Crippen MR) is 67.4 cm³/mol. The fourth-order valence-electron chi connectivity index (χ4n) is 2.18. The van der Waals surface area contributed by atoms with Gasteiger partial charge in [-0.1, -0.05) is 20.4 Å². The molecule has 0 spiro atoms. The molecule has 6 nitrogen and oxygen atoms in total. The molecule has 2 N–H and O–H groups in total. The van der Waals surface area contributed by atoms with Crippen LogP contribution in [-0.2, 0) is 14.3 Å². The Morgan fingerprint density at radius 3 is 2.90 bits per heavy atom. The van der Waals surface area contributed by atoms with Crippen molar-refractivity contribution in [1.29, 1.82) is 0 Å². The van der Waals surface area contributed by atoms with Gasteiger partial charge in [-0.25, -0.2) is 0 Å². The molecule has 20 heavy (non-hydrogen) atoms. The Labute approximate surface area is 115 Å². The summed E-state index contributed by atoms with van der Waals surface area (Å²) in [5.41, 5.74) is 0. The highest BCUT2D eigenvalue weighted by atomic mass is 19.1. The number of carbonyl (C=O) groups excluding carboxylic acids is 2. The van der Waals surface area contributed by atoms with Gasteiger partial charge >= 0.3 is 0 Å². The van der Waals surface area contributed by atoms with E-state index < -0.39 is 30.2 Å². The van der Waals surface area contributed by atoms with E-state index in [2.05, 4.69) is 11.9 Å². The van der Waals surface area contributed by atoms with Crippen molar-refractivity contribution in [3.05, 3.63) is 24.4 Å². The number of hydrogen-bond donors (Lipinski definition) is 2. The molecule has 3 unspecified atom stereocenters. The molecule has 0 aromatic rings. The van der Waals surface area contributed by atoms with Gasteiger partial charge in [0.1, 0.15) is 18.2 Å². The second kappa shape index (κ2) is 5.34. The van der Waals surface area contributed by atoms with Gasteiger partial charge in [-0.15, -0.1) is 0 Å². The van der Waals surface area contributed by atoms with Crippen LogP contribution in [0.3, 0.4) is 0 Å². The van der Waals surface area contributed by atoms with Crippen molar-refractivity contribution in [2.45, 2.75) is 38.7 Å². The zero-order valence-electron chi connectivity index (χ0n) is 11.3. The third-order valence-electron chi connectivity index (χ3n) is 3.29. The molecule has 0 aromatic heterocycles. The number of nitrogens with zero attached hydrogens (tertiary/aromatic N) is 1. The summed E-state index contributed by atoms with van der Waals surface area (Å²) in [5, 5.41) is 12.1. The van der Waals surface area contributed by atoms with Crippen molar-refractivity contribution < 1.29 is 23.8 Å². The van der Waals surface area contributed by atoms with Crippen LogP contribution in [0.25, 0.3) is 0 Å². The Balaban J connectivity index is 2.14. The first-order valence-corrected chi connectivity index (χ1v) is 6.34. The molecule has 1 saturated heterocycles. The van der Waals surface area contributed by atoms with E-state index in [1.54, 1.807) is 13.8 Å². The van der Waals surface area contributed by atoms with Crippen LogP contribution < -0.4 is 5.32 Å². The van der Waals surface area contributed by atoms with Crippen LogP contribution in [0.4, 0.5) is 4.39 Å². The van der Waals surface area contributed by atoms with E-state index in [-0.39, 0.29) is 23.9 Å². The lowest BCUT2D eigenvalue weighted by molar-refractivity contribution is -0.140. The number of carbonyl (C=O) groups is 2. The minimum absolute atomic E-state index is 0.127. The summed E-state index contributed by atoms with van der Waals surface area (Å²) in [6.07, 6.45) is -1.56. The third kappa shape index (κ3) is 2.59. The molecule has 2 rings (SSSR count). The molecule has 2 aliphatic rings. The van der Waals surface area contributed by atoms with E-state index in [9.17, 15) is 19.1 Å². The number of halogens is 1. The van der Waals surface area contributed by atoms with Crippen molar-refractivity contribution in [1.82, 2.24) is 10.2 Å². The molecule has 0 radical (unpaired) electrons. The number of hydrogen-bond acceptors (Lipinski definition) is 5. The maximum Gasteiger partial charge on any atom is 0.287 e. The number of nitrogens with one attached hydrogen (secondary N) is 1. The largest absolute Gasteiger partial charge is 0.390 e. The van der Waals surface area contributed by atoms with Crippen molar-refractivity contribution in [2.24, 2.45) is 5.92 Å². The molecule has 1 amide bonds. The first kappa shape index (κ1) is 14.7. The molecule has 2 heterocycles. The SMILES string of the molecule is C=C1NC(=O)C(F)=CN1C1CC(O)C(C(=O)C(C)C)O1. The number of ether oxygens (including phenoxy) is 1. The molecule has 3 atom stereocenters. The Morgan fingerprint density at radius 1 is 1.65 bits per heavy atom. The van der Waals surface area contributed by atoms with Gasteiger partial charge in [0.05, 0.1) is 6.10 Å². The zero-order chi connectivity index (χ0) is 15.0. The molecule has 0 bridgehead atoms. The van der Waals surface area contributed by atoms with Crippen LogP contribution in [0.1, 0.15) is 20.3 Å². The number of aliphatic hydroxyl groups excluding tert-OH is 1. The summed E-state index contributed by atoms with van der Waals surface area (Å²) in [6, 6.07) is 0. The molecule has 110 valence electrons. The van der Waals surface area contributed by atoms with Crippen LogP contribution in [0.15, 0.2) is 24.4 Å². The fraction of sp³-hybridized carbons (Fsp3) is 0.538. The van der Waals surface area contributed by atoms with E-state index in [0.29, 0.717) is 0 Å².